The molecular formula is C14H11ClF2N2O2. The third-order valence-electron chi connectivity index (χ3n) is 2.75. The van der Waals surface area contributed by atoms with Crippen LogP contribution in [-0.4, -0.2) is 22.5 Å². The van der Waals surface area contributed by atoms with E-state index in [1.54, 1.807) is 0 Å². The van der Waals surface area contributed by atoms with Gasteiger partial charge in [0.2, 0.25) is 0 Å². The maximum atomic E-state index is 13.5. The second kappa shape index (κ2) is 6.60. The van der Waals surface area contributed by atoms with Gasteiger partial charge in [-0.25, -0.2) is 13.8 Å². The summed E-state index contributed by atoms with van der Waals surface area (Å²) in [5.74, 6) is -2.33. The van der Waals surface area contributed by atoms with Crippen molar-refractivity contribution >= 4 is 17.5 Å². The Bertz CT molecular complexity index is 630. The molecule has 0 saturated heterocycles. The summed E-state index contributed by atoms with van der Waals surface area (Å²) in [6.07, 6.45) is -0.203. The van der Waals surface area contributed by atoms with E-state index in [2.05, 4.69) is 10.3 Å². The first-order valence-corrected chi connectivity index (χ1v) is 6.38. The standard InChI is InChI=1S/C14H11ClF2N2O2/c15-8-4-5-11(18-6-8)14(21)19-7-12(20)13-9(16)2-1-3-10(13)17/h1-6,12,20H,7H2,(H,19,21). The fraction of sp³-hybridized carbons (Fsp3) is 0.143. The van der Waals surface area contributed by atoms with Gasteiger partial charge in [-0.3, -0.25) is 4.79 Å². The minimum atomic E-state index is -1.50. The third kappa shape index (κ3) is 3.74. The number of aliphatic hydroxyl groups excluding tert-OH is 1. The predicted octanol–water partition coefficient (Wildman–Crippen LogP) is 2.48. The summed E-state index contributed by atoms with van der Waals surface area (Å²) in [7, 11) is 0. The van der Waals surface area contributed by atoms with Gasteiger partial charge in [0.15, 0.2) is 0 Å². The van der Waals surface area contributed by atoms with Crippen molar-refractivity contribution < 1.29 is 18.7 Å². The zero-order chi connectivity index (χ0) is 15.4. The average Bonchev–Trinajstić information content (AvgIpc) is 2.45. The summed E-state index contributed by atoms with van der Waals surface area (Å²) in [6, 6.07) is 6.13. The number of benzene rings is 1. The molecule has 0 fully saturated rings. The van der Waals surface area contributed by atoms with Crippen LogP contribution in [0.4, 0.5) is 8.78 Å². The van der Waals surface area contributed by atoms with Gasteiger partial charge in [-0.05, 0) is 24.3 Å². The SMILES string of the molecule is O=C(NCC(O)c1c(F)cccc1F)c1ccc(Cl)cn1. The lowest BCUT2D eigenvalue weighted by Gasteiger charge is -2.13. The summed E-state index contributed by atoms with van der Waals surface area (Å²) in [4.78, 5) is 15.5. The summed E-state index contributed by atoms with van der Waals surface area (Å²) < 4.78 is 26.9. The van der Waals surface area contributed by atoms with E-state index >= 15 is 0 Å². The number of nitrogens with zero attached hydrogens (tertiary/aromatic N) is 1. The number of nitrogens with one attached hydrogen (secondary N) is 1. The van der Waals surface area contributed by atoms with Crippen LogP contribution in [0.2, 0.25) is 5.02 Å². The molecule has 4 nitrogen and oxygen atoms in total. The molecule has 1 aromatic heterocycles. The maximum Gasteiger partial charge on any atom is 0.269 e. The van der Waals surface area contributed by atoms with Crippen molar-refractivity contribution in [1.82, 2.24) is 10.3 Å². The van der Waals surface area contributed by atoms with Gasteiger partial charge >= 0.3 is 0 Å². The van der Waals surface area contributed by atoms with Crippen molar-refractivity contribution in [2.24, 2.45) is 0 Å². The summed E-state index contributed by atoms with van der Waals surface area (Å²) >= 11 is 5.64. The second-order valence-corrected chi connectivity index (χ2v) is 4.66. The van der Waals surface area contributed by atoms with Crippen LogP contribution in [0.15, 0.2) is 36.5 Å². The number of hydrogen-bond donors (Lipinski definition) is 2. The highest BCUT2D eigenvalue weighted by atomic mass is 35.5. The monoisotopic (exact) mass is 312 g/mol. The van der Waals surface area contributed by atoms with Crippen molar-refractivity contribution in [2.45, 2.75) is 6.10 Å². The minimum absolute atomic E-state index is 0.0839. The van der Waals surface area contributed by atoms with Crippen LogP contribution < -0.4 is 5.32 Å². The molecule has 21 heavy (non-hydrogen) atoms. The topological polar surface area (TPSA) is 62.2 Å². The molecule has 7 heteroatoms. The molecule has 2 aromatic rings. The van der Waals surface area contributed by atoms with Crippen molar-refractivity contribution in [2.75, 3.05) is 6.54 Å². The van der Waals surface area contributed by atoms with E-state index < -0.39 is 29.2 Å². The Morgan fingerprint density at radius 2 is 1.95 bits per heavy atom. The predicted molar refractivity (Wildman–Crippen MR) is 72.9 cm³/mol. The molecule has 0 spiro atoms. The molecular weight excluding hydrogens is 302 g/mol. The van der Waals surface area contributed by atoms with E-state index in [1.807, 2.05) is 0 Å². The number of pyridine rings is 1. The van der Waals surface area contributed by atoms with Gasteiger partial charge in [-0.15, -0.1) is 0 Å². The van der Waals surface area contributed by atoms with Gasteiger partial charge < -0.3 is 10.4 Å². The highest BCUT2D eigenvalue weighted by Gasteiger charge is 2.18. The summed E-state index contributed by atoms with van der Waals surface area (Å²) in [6.45, 7) is -0.346. The van der Waals surface area contributed by atoms with Crippen LogP contribution in [-0.2, 0) is 0 Å². The van der Waals surface area contributed by atoms with Gasteiger partial charge in [0.25, 0.3) is 5.91 Å². The lowest BCUT2D eigenvalue weighted by molar-refractivity contribution is 0.0906. The number of halogens is 3. The summed E-state index contributed by atoms with van der Waals surface area (Å²) in [5.41, 5.74) is -0.400. The van der Waals surface area contributed by atoms with Crippen LogP contribution in [0, 0.1) is 11.6 Å². The van der Waals surface area contributed by atoms with Gasteiger partial charge in [0.1, 0.15) is 23.4 Å². The molecule has 2 N–H and O–H groups in total. The lowest BCUT2D eigenvalue weighted by atomic mass is 10.1. The normalized spacial score (nSPS) is 12.0. The first-order valence-electron chi connectivity index (χ1n) is 6.00. The van der Waals surface area contributed by atoms with E-state index in [0.717, 1.165) is 12.1 Å². The molecule has 1 amide bonds. The Morgan fingerprint density at radius 1 is 1.29 bits per heavy atom. The number of rotatable bonds is 4. The van der Waals surface area contributed by atoms with Crippen LogP contribution in [0.1, 0.15) is 22.2 Å². The maximum absolute atomic E-state index is 13.5. The van der Waals surface area contributed by atoms with Gasteiger partial charge in [-0.2, -0.15) is 0 Å². The molecule has 0 aliphatic heterocycles. The van der Waals surface area contributed by atoms with Crippen molar-refractivity contribution in [3.8, 4) is 0 Å². The average molecular weight is 313 g/mol. The Labute approximate surface area is 124 Å². The number of hydrogen-bond acceptors (Lipinski definition) is 3. The molecule has 110 valence electrons. The first-order chi connectivity index (χ1) is 9.99. The Morgan fingerprint density at radius 3 is 2.52 bits per heavy atom. The van der Waals surface area contributed by atoms with Gasteiger partial charge in [0, 0.05) is 12.7 Å². The van der Waals surface area contributed by atoms with E-state index in [1.165, 1.54) is 24.4 Å². The molecule has 0 aliphatic rings. The fourth-order valence-corrected chi connectivity index (χ4v) is 1.83. The van der Waals surface area contributed by atoms with E-state index in [4.69, 9.17) is 11.6 Å². The molecule has 0 aliphatic carbocycles. The largest absolute Gasteiger partial charge is 0.386 e. The van der Waals surface area contributed by atoms with Crippen LogP contribution in [0.25, 0.3) is 0 Å². The van der Waals surface area contributed by atoms with E-state index in [9.17, 15) is 18.7 Å². The molecule has 1 aromatic carbocycles. The number of aliphatic hydroxyl groups is 1. The zero-order valence-corrected chi connectivity index (χ0v) is 11.4. The molecule has 1 unspecified atom stereocenters. The van der Waals surface area contributed by atoms with Crippen molar-refractivity contribution in [3.05, 3.63) is 64.4 Å². The van der Waals surface area contributed by atoms with Crippen molar-refractivity contribution in [1.29, 1.82) is 0 Å². The van der Waals surface area contributed by atoms with Gasteiger partial charge in [0.05, 0.1) is 10.6 Å². The fourth-order valence-electron chi connectivity index (χ4n) is 1.72. The van der Waals surface area contributed by atoms with Gasteiger partial charge in [-0.1, -0.05) is 17.7 Å². The van der Waals surface area contributed by atoms with Crippen LogP contribution in [0.3, 0.4) is 0 Å². The molecule has 2 rings (SSSR count). The van der Waals surface area contributed by atoms with E-state index in [-0.39, 0.29) is 12.2 Å². The molecule has 0 radical (unpaired) electrons. The third-order valence-corrected chi connectivity index (χ3v) is 2.97. The van der Waals surface area contributed by atoms with Crippen LogP contribution in [0.5, 0.6) is 0 Å². The number of amides is 1. The lowest BCUT2D eigenvalue weighted by Crippen LogP contribution is -2.29. The number of carbonyl (C=O) groups is 1. The van der Waals surface area contributed by atoms with Crippen molar-refractivity contribution in [3.63, 3.8) is 0 Å². The smallest absolute Gasteiger partial charge is 0.269 e. The quantitative estimate of drug-likeness (QED) is 0.911. The van der Waals surface area contributed by atoms with E-state index in [0.29, 0.717) is 5.02 Å². The number of carbonyl (C=O) groups excluding carboxylic acids is 1. The Kier molecular flexibility index (Phi) is 4.82. The Balaban J connectivity index is 2.02. The first kappa shape index (κ1) is 15.3. The summed E-state index contributed by atoms with van der Waals surface area (Å²) in [5, 5.41) is 12.5. The molecule has 1 heterocycles. The molecule has 0 bridgehead atoms. The number of aromatic nitrogens is 1. The highest BCUT2D eigenvalue weighted by molar-refractivity contribution is 6.30. The molecule has 0 saturated carbocycles. The second-order valence-electron chi connectivity index (χ2n) is 4.22. The Hall–Kier alpha value is -2.05. The van der Waals surface area contributed by atoms with Crippen LogP contribution >= 0.6 is 11.6 Å². The molecule has 1 atom stereocenters. The zero-order valence-electron chi connectivity index (χ0n) is 10.7. The minimum Gasteiger partial charge on any atom is -0.386 e. The highest BCUT2D eigenvalue weighted by Crippen LogP contribution is 2.20.